The number of hydrogen-bond acceptors (Lipinski definition) is 4. The molecular formula is C13H18ClN5. The van der Waals surface area contributed by atoms with Gasteiger partial charge in [-0.25, -0.2) is 0 Å². The van der Waals surface area contributed by atoms with Crippen LogP contribution in [0, 0.1) is 12.3 Å². The molecule has 0 atom stereocenters. The first-order chi connectivity index (χ1) is 8.98. The van der Waals surface area contributed by atoms with Gasteiger partial charge in [-0.15, -0.1) is 0 Å². The molecule has 0 spiro atoms. The highest BCUT2D eigenvalue weighted by molar-refractivity contribution is 6.30. The summed E-state index contributed by atoms with van der Waals surface area (Å²) in [7, 11) is 0. The zero-order valence-electron chi connectivity index (χ0n) is 11.5. The second kappa shape index (κ2) is 4.34. The molecule has 1 fully saturated rings. The number of anilines is 1. The SMILES string of the molecule is Cc1c(Cl)nc2ncnn2c1N1CCCC(C)(C)C1. The van der Waals surface area contributed by atoms with Crippen molar-refractivity contribution >= 4 is 23.2 Å². The fourth-order valence-corrected chi connectivity index (χ4v) is 3.02. The maximum absolute atomic E-state index is 6.22. The minimum Gasteiger partial charge on any atom is -0.356 e. The number of hydrogen-bond donors (Lipinski definition) is 0. The highest BCUT2D eigenvalue weighted by atomic mass is 35.5. The van der Waals surface area contributed by atoms with Crippen LogP contribution in [0.4, 0.5) is 5.82 Å². The lowest BCUT2D eigenvalue weighted by atomic mass is 9.84. The maximum atomic E-state index is 6.22. The molecule has 0 saturated carbocycles. The van der Waals surface area contributed by atoms with Crippen molar-refractivity contribution in [2.45, 2.75) is 33.6 Å². The molecule has 0 unspecified atom stereocenters. The molecule has 1 saturated heterocycles. The molecule has 0 N–H and O–H groups in total. The van der Waals surface area contributed by atoms with E-state index in [0.717, 1.165) is 24.5 Å². The van der Waals surface area contributed by atoms with E-state index in [2.05, 4.69) is 33.8 Å². The molecule has 6 heteroatoms. The van der Waals surface area contributed by atoms with Crippen LogP contribution < -0.4 is 4.90 Å². The average Bonchev–Trinajstić information content (AvgIpc) is 2.76. The first kappa shape index (κ1) is 12.7. The lowest BCUT2D eigenvalue weighted by Gasteiger charge is -2.39. The highest BCUT2D eigenvalue weighted by Crippen LogP contribution is 2.34. The van der Waals surface area contributed by atoms with Crippen LogP contribution in [0.5, 0.6) is 0 Å². The molecule has 0 aromatic carbocycles. The van der Waals surface area contributed by atoms with Crippen LogP contribution in [0.1, 0.15) is 32.3 Å². The van der Waals surface area contributed by atoms with E-state index in [1.807, 2.05) is 6.92 Å². The number of fused-ring (bicyclic) bond motifs is 1. The topological polar surface area (TPSA) is 46.3 Å². The lowest BCUT2D eigenvalue weighted by Crippen LogP contribution is -2.41. The third-order valence-electron chi connectivity index (χ3n) is 3.77. The predicted molar refractivity (Wildman–Crippen MR) is 75.8 cm³/mol. The van der Waals surface area contributed by atoms with Crippen molar-refractivity contribution in [3.05, 3.63) is 17.0 Å². The van der Waals surface area contributed by atoms with Gasteiger partial charge >= 0.3 is 0 Å². The predicted octanol–water partition coefficient (Wildman–Crippen LogP) is 2.71. The van der Waals surface area contributed by atoms with Gasteiger partial charge in [0.2, 0.25) is 0 Å². The second-order valence-electron chi connectivity index (χ2n) is 6.01. The van der Waals surface area contributed by atoms with Gasteiger partial charge in [0, 0.05) is 18.7 Å². The Balaban J connectivity index is 2.13. The fraction of sp³-hybridized carbons (Fsp3) is 0.615. The van der Waals surface area contributed by atoms with E-state index in [1.54, 1.807) is 4.52 Å². The van der Waals surface area contributed by atoms with Crippen LogP contribution in [0.2, 0.25) is 5.15 Å². The minimum atomic E-state index is 0.313. The summed E-state index contributed by atoms with van der Waals surface area (Å²) in [5.41, 5.74) is 1.28. The molecule has 5 nitrogen and oxygen atoms in total. The lowest BCUT2D eigenvalue weighted by molar-refractivity contribution is 0.291. The molecule has 19 heavy (non-hydrogen) atoms. The number of nitrogens with zero attached hydrogens (tertiary/aromatic N) is 5. The van der Waals surface area contributed by atoms with Crippen molar-refractivity contribution in [1.29, 1.82) is 0 Å². The summed E-state index contributed by atoms with van der Waals surface area (Å²) in [5, 5.41) is 4.80. The van der Waals surface area contributed by atoms with Gasteiger partial charge < -0.3 is 4.90 Å². The van der Waals surface area contributed by atoms with Crippen LogP contribution in [0.25, 0.3) is 5.78 Å². The average molecular weight is 280 g/mol. The van der Waals surface area contributed by atoms with E-state index < -0.39 is 0 Å². The van der Waals surface area contributed by atoms with E-state index in [0.29, 0.717) is 16.3 Å². The largest absolute Gasteiger partial charge is 0.356 e. The Morgan fingerprint density at radius 3 is 2.89 bits per heavy atom. The molecule has 2 aromatic heterocycles. The van der Waals surface area contributed by atoms with Gasteiger partial charge in [0.15, 0.2) is 0 Å². The van der Waals surface area contributed by atoms with Gasteiger partial charge in [-0.05, 0) is 25.2 Å². The standard InChI is InChI=1S/C13H18ClN5/c1-9-10(14)17-12-15-8-16-19(12)11(9)18-6-4-5-13(2,3)7-18/h8H,4-7H2,1-3H3. The third-order valence-corrected chi connectivity index (χ3v) is 4.14. The Hall–Kier alpha value is -1.36. The van der Waals surface area contributed by atoms with E-state index in [1.165, 1.54) is 19.2 Å². The highest BCUT2D eigenvalue weighted by Gasteiger charge is 2.29. The van der Waals surface area contributed by atoms with Gasteiger partial charge in [0.05, 0.1) is 0 Å². The number of rotatable bonds is 1. The Labute approximate surface area is 117 Å². The molecule has 2 aromatic rings. The van der Waals surface area contributed by atoms with Crippen molar-refractivity contribution in [2.75, 3.05) is 18.0 Å². The van der Waals surface area contributed by atoms with Crippen molar-refractivity contribution in [1.82, 2.24) is 19.6 Å². The molecule has 3 heterocycles. The summed E-state index contributed by atoms with van der Waals surface area (Å²) in [6.07, 6.45) is 3.96. The van der Waals surface area contributed by atoms with E-state index >= 15 is 0 Å². The minimum absolute atomic E-state index is 0.313. The molecule has 0 radical (unpaired) electrons. The van der Waals surface area contributed by atoms with E-state index in [9.17, 15) is 0 Å². The third kappa shape index (κ3) is 2.16. The summed E-state index contributed by atoms with van der Waals surface area (Å²) in [4.78, 5) is 10.8. The van der Waals surface area contributed by atoms with Gasteiger partial charge in [0.25, 0.3) is 5.78 Å². The van der Waals surface area contributed by atoms with Crippen LogP contribution in [-0.4, -0.2) is 32.7 Å². The Bertz CT molecular complexity index is 619. The summed E-state index contributed by atoms with van der Waals surface area (Å²) in [6, 6.07) is 0. The molecule has 0 amide bonds. The molecule has 3 rings (SSSR count). The molecule has 0 aliphatic carbocycles. The van der Waals surface area contributed by atoms with Crippen molar-refractivity contribution in [3.8, 4) is 0 Å². The maximum Gasteiger partial charge on any atom is 0.255 e. The number of halogens is 1. The molecular weight excluding hydrogens is 262 g/mol. The summed E-state index contributed by atoms with van der Waals surface area (Å²) < 4.78 is 1.79. The second-order valence-corrected chi connectivity index (χ2v) is 6.37. The monoisotopic (exact) mass is 279 g/mol. The smallest absolute Gasteiger partial charge is 0.255 e. The van der Waals surface area contributed by atoms with Crippen LogP contribution in [0.3, 0.4) is 0 Å². The Kier molecular flexibility index (Phi) is 2.89. The first-order valence-corrected chi connectivity index (χ1v) is 6.96. The number of aromatic nitrogens is 4. The van der Waals surface area contributed by atoms with E-state index in [-0.39, 0.29) is 0 Å². The van der Waals surface area contributed by atoms with E-state index in [4.69, 9.17) is 11.6 Å². The normalized spacial score (nSPS) is 19.1. The summed E-state index contributed by atoms with van der Waals surface area (Å²) >= 11 is 6.22. The zero-order chi connectivity index (χ0) is 13.6. The first-order valence-electron chi connectivity index (χ1n) is 6.59. The van der Waals surface area contributed by atoms with Crippen LogP contribution in [-0.2, 0) is 0 Å². The van der Waals surface area contributed by atoms with Gasteiger partial charge in [-0.2, -0.15) is 19.6 Å². The van der Waals surface area contributed by atoms with Crippen molar-refractivity contribution in [2.24, 2.45) is 5.41 Å². The van der Waals surface area contributed by atoms with Gasteiger partial charge in [-0.1, -0.05) is 25.4 Å². The van der Waals surface area contributed by atoms with Crippen molar-refractivity contribution in [3.63, 3.8) is 0 Å². The zero-order valence-corrected chi connectivity index (χ0v) is 12.3. The summed E-state index contributed by atoms with van der Waals surface area (Å²) in [6.45, 7) is 8.63. The Morgan fingerprint density at radius 1 is 1.37 bits per heavy atom. The summed E-state index contributed by atoms with van der Waals surface area (Å²) in [5.74, 6) is 1.59. The molecule has 1 aliphatic heterocycles. The van der Waals surface area contributed by atoms with Gasteiger partial charge in [-0.3, -0.25) is 0 Å². The van der Waals surface area contributed by atoms with Crippen molar-refractivity contribution < 1.29 is 0 Å². The molecule has 1 aliphatic rings. The molecule has 0 bridgehead atoms. The van der Waals surface area contributed by atoms with Crippen LogP contribution in [0.15, 0.2) is 6.33 Å². The quantitative estimate of drug-likeness (QED) is 0.753. The van der Waals surface area contributed by atoms with Crippen LogP contribution >= 0.6 is 11.6 Å². The Morgan fingerprint density at radius 2 is 2.16 bits per heavy atom. The molecule has 102 valence electrons. The van der Waals surface area contributed by atoms with Gasteiger partial charge in [0.1, 0.15) is 17.3 Å². The fourth-order valence-electron chi connectivity index (χ4n) is 2.86. The number of piperidine rings is 1.